The van der Waals surface area contributed by atoms with Crippen molar-refractivity contribution in [2.45, 2.75) is 24.4 Å². The average molecular weight is 399 g/mol. The Kier molecular flexibility index (Phi) is 5.24. The van der Waals surface area contributed by atoms with Gasteiger partial charge in [-0.15, -0.1) is 0 Å². The topological polar surface area (TPSA) is 50.4 Å². The fraction of sp³-hybridized carbons (Fsp3) is 0.316. The second-order valence-electron chi connectivity index (χ2n) is 6.51. The first-order valence-corrected chi connectivity index (χ1v) is 8.67. The largest absolute Gasteiger partial charge is 0.497 e. The fourth-order valence-electron chi connectivity index (χ4n) is 2.88. The van der Waals surface area contributed by atoms with Crippen LogP contribution in [-0.4, -0.2) is 19.7 Å². The van der Waals surface area contributed by atoms with Crippen molar-refractivity contribution in [3.63, 3.8) is 0 Å². The van der Waals surface area contributed by atoms with E-state index in [0.29, 0.717) is 6.54 Å². The average Bonchev–Trinajstić information content (AvgIpc) is 3.42. The molecular formula is C19H18ClF3N2O2. The van der Waals surface area contributed by atoms with Crippen molar-refractivity contribution in [1.29, 1.82) is 0 Å². The van der Waals surface area contributed by atoms with Crippen LogP contribution in [0.3, 0.4) is 0 Å². The van der Waals surface area contributed by atoms with E-state index in [0.717, 1.165) is 42.4 Å². The van der Waals surface area contributed by atoms with Crippen LogP contribution in [0.4, 0.5) is 23.7 Å². The number of nitrogens with one attached hydrogen (secondary N) is 2. The van der Waals surface area contributed by atoms with Crippen LogP contribution < -0.4 is 15.4 Å². The minimum Gasteiger partial charge on any atom is -0.497 e. The fourth-order valence-corrected chi connectivity index (χ4v) is 3.04. The molecule has 27 heavy (non-hydrogen) atoms. The van der Waals surface area contributed by atoms with E-state index in [4.69, 9.17) is 16.3 Å². The molecule has 2 N–H and O–H groups in total. The van der Waals surface area contributed by atoms with E-state index in [1.807, 2.05) is 24.3 Å². The first-order valence-electron chi connectivity index (χ1n) is 8.30. The quantitative estimate of drug-likeness (QED) is 0.725. The molecular weight excluding hydrogens is 381 g/mol. The molecule has 0 heterocycles. The molecule has 0 radical (unpaired) electrons. The summed E-state index contributed by atoms with van der Waals surface area (Å²) >= 11 is 5.90. The number of rotatable bonds is 5. The Hall–Kier alpha value is -2.41. The van der Waals surface area contributed by atoms with Gasteiger partial charge >= 0.3 is 12.2 Å². The maximum absolute atomic E-state index is 12.8. The Balaban J connectivity index is 1.63. The predicted molar refractivity (Wildman–Crippen MR) is 97.4 cm³/mol. The summed E-state index contributed by atoms with van der Waals surface area (Å²) in [6.45, 7) is 0.377. The highest BCUT2D eigenvalue weighted by Crippen LogP contribution is 2.48. The first kappa shape index (κ1) is 19.4. The summed E-state index contributed by atoms with van der Waals surface area (Å²) in [4.78, 5) is 12.1. The van der Waals surface area contributed by atoms with Gasteiger partial charge in [-0.2, -0.15) is 13.2 Å². The zero-order valence-electron chi connectivity index (χ0n) is 14.5. The highest BCUT2D eigenvalue weighted by molar-refractivity contribution is 6.33. The Morgan fingerprint density at radius 2 is 1.85 bits per heavy atom. The third kappa shape index (κ3) is 4.47. The second kappa shape index (κ2) is 7.31. The molecule has 8 heteroatoms. The van der Waals surface area contributed by atoms with Gasteiger partial charge in [0.2, 0.25) is 0 Å². The lowest BCUT2D eigenvalue weighted by atomic mass is 9.96. The van der Waals surface area contributed by atoms with Gasteiger partial charge in [-0.05, 0) is 48.7 Å². The molecule has 0 atom stereocenters. The summed E-state index contributed by atoms with van der Waals surface area (Å²) in [6.07, 6.45) is -2.67. The number of benzene rings is 2. The molecule has 1 aliphatic carbocycles. The third-order valence-electron chi connectivity index (χ3n) is 4.69. The number of hydrogen-bond acceptors (Lipinski definition) is 2. The van der Waals surface area contributed by atoms with E-state index < -0.39 is 17.8 Å². The standard InChI is InChI=1S/C19H18ClF3N2O2/c1-27-14-5-2-12(3-6-14)18(8-9-18)11-24-17(26)25-16-10-13(19(21,22)23)4-7-15(16)20/h2-7,10H,8-9,11H2,1H3,(H2,24,25,26). The SMILES string of the molecule is COc1ccc(C2(CNC(=O)Nc3cc(C(F)(F)F)ccc3Cl)CC2)cc1. The minimum absolute atomic E-state index is 0.0365. The second-order valence-corrected chi connectivity index (χ2v) is 6.92. The van der Waals surface area contributed by atoms with Gasteiger partial charge in [0.15, 0.2) is 0 Å². The molecule has 2 aromatic rings. The van der Waals surface area contributed by atoms with Crippen LogP contribution in [0.2, 0.25) is 5.02 Å². The number of urea groups is 1. The van der Waals surface area contributed by atoms with Crippen molar-refractivity contribution in [2.24, 2.45) is 0 Å². The Morgan fingerprint density at radius 3 is 2.41 bits per heavy atom. The molecule has 0 bridgehead atoms. The van der Waals surface area contributed by atoms with Crippen LogP contribution in [0.1, 0.15) is 24.0 Å². The van der Waals surface area contributed by atoms with Gasteiger partial charge in [0.1, 0.15) is 5.75 Å². The maximum Gasteiger partial charge on any atom is 0.416 e. The lowest BCUT2D eigenvalue weighted by Gasteiger charge is -2.18. The Labute approximate surface area is 159 Å². The highest BCUT2D eigenvalue weighted by atomic mass is 35.5. The van der Waals surface area contributed by atoms with Crippen LogP contribution in [0, 0.1) is 0 Å². The van der Waals surface area contributed by atoms with Gasteiger partial charge in [0, 0.05) is 12.0 Å². The molecule has 0 aromatic heterocycles. The number of ether oxygens (including phenoxy) is 1. The molecule has 1 fully saturated rings. The van der Waals surface area contributed by atoms with Gasteiger partial charge < -0.3 is 15.4 Å². The number of halogens is 4. The molecule has 1 aliphatic rings. The van der Waals surface area contributed by atoms with Crippen molar-refractivity contribution >= 4 is 23.3 Å². The van der Waals surface area contributed by atoms with Crippen molar-refractivity contribution < 1.29 is 22.7 Å². The number of amides is 2. The van der Waals surface area contributed by atoms with Crippen molar-refractivity contribution in [3.05, 3.63) is 58.6 Å². The molecule has 0 aliphatic heterocycles. The van der Waals surface area contributed by atoms with Crippen molar-refractivity contribution in [3.8, 4) is 5.75 Å². The molecule has 0 saturated heterocycles. The van der Waals surface area contributed by atoms with Gasteiger partial charge in [0.05, 0.1) is 23.4 Å². The van der Waals surface area contributed by atoms with Crippen molar-refractivity contribution in [2.75, 3.05) is 19.0 Å². The number of carbonyl (C=O) groups is 1. The van der Waals surface area contributed by atoms with E-state index in [1.54, 1.807) is 7.11 Å². The van der Waals surface area contributed by atoms with Crippen LogP contribution in [0.25, 0.3) is 0 Å². The van der Waals surface area contributed by atoms with E-state index in [1.165, 1.54) is 0 Å². The lowest BCUT2D eigenvalue weighted by Crippen LogP contribution is -2.35. The molecule has 2 amide bonds. The molecule has 0 spiro atoms. The summed E-state index contributed by atoms with van der Waals surface area (Å²) in [5, 5.41) is 5.15. The number of hydrogen-bond donors (Lipinski definition) is 2. The number of anilines is 1. The maximum atomic E-state index is 12.8. The molecule has 144 valence electrons. The van der Waals surface area contributed by atoms with Gasteiger partial charge in [-0.25, -0.2) is 4.79 Å². The third-order valence-corrected chi connectivity index (χ3v) is 5.01. The number of carbonyl (C=O) groups excluding carboxylic acids is 1. The van der Waals surface area contributed by atoms with Crippen LogP contribution in [-0.2, 0) is 11.6 Å². The Morgan fingerprint density at radius 1 is 1.19 bits per heavy atom. The summed E-state index contributed by atoms with van der Waals surface area (Å²) < 4.78 is 43.6. The van der Waals surface area contributed by atoms with Crippen LogP contribution in [0.15, 0.2) is 42.5 Å². The van der Waals surface area contributed by atoms with E-state index in [9.17, 15) is 18.0 Å². The summed E-state index contributed by atoms with van der Waals surface area (Å²) in [7, 11) is 1.59. The molecule has 1 saturated carbocycles. The number of alkyl halides is 3. The Bertz CT molecular complexity index is 834. The minimum atomic E-state index is -4.51. The van der Waals surface area contributed by atoms with Gasteiger partial charge in [0.25, 0.3) is 0 Å². The molecule has 3 rings (SSSR count). The normalized spacial score (nSPS) is 15.1. The zero-order valence-corrected chi connectivity index (χ0v) is 15.2. The smallest absolute Gasteiger partial charge is 0.416 e. The van der Waals surface area contributed by atoms with E-state index in [-0.39, 0.29) is 16.1 Å². The number of methoxy groups -OCH3 is 1. The van der Waals surface area contributed by atoms with Crippen molar-refractivity contribution in [1.82, 2.24) is 5.32 Å². The van der Waals surface area contributed by atoms with Crippen LogP contribution in [0.5, 0.6) is 5.75 Å². The summed E-state index contributed by atoms with van der Waals surface area (Å²) in [5.41, 5.74) is -0.0283. The molecule has 2 aromatic carbocycles. The highest BCUT2D eigenvalue weighted by Gasteiger charge is 2.44. The molecule has 4 nitrogen and oxygen atoms in total. The summed E-state index contributed by atoms with van der Waals surface area (Å²) in [6, 6.07) is 9.82. The monoisotopic (exact) mass is 398 g/mol. The van der Waals surface area contributed by atoms with E-state index >= 15 is 0 Å². The van der Waals surface area contributed by atoms with Crippen LogP contribution >= 0.6 is 11.6 Å². The predicted octanol–water partition coefficient (Wildman–Crippen LogP) is 5.22. The lowest BCUT2D eigenvalue weighted by molar-refractivity contribution is -0.137. The van der Waals surface area contributed by atoms with Gasteiger partial charge in [-0.3, -0.25) is 0 Å². The first-order chi connectivity index (χ1) is 12.7. The molecule has 0 unspecified atom stereocenters. The zero-order chi connectivity index (χ0) is 19.7. The summed E-state index contributed by atoms with van der Waals surface area (Å²) in [5.74, 6) is 0.749. The van der Waals surface area contributed by atoms with Gasteiger partial charge in [-0.1, -0.05) is 23.7 Å². The van der Waals surface area contributed by atoms with E-state index in [2.05, 4.69) is 10.6 Å².